The summed E-state index contributed by atoms with van der Waals surface area (Å²) in [5.41, 5.74) is -0.578. The van der Waals surface area contributed by atoms with E-state index in [-0.39, 0.29) is 21.9 Å². The highest BCUT2D eigenvalue weighted by Crippen LogP contribution is 2.60. The summed E-state index contributed by atoms with van der Waals surface area (Å²) in [6.07, 6.45) is 5.23. The Hall–Kier alpha value is -0.620. The molecular weight excluding hydrogens is 290 g/mol. The van der Waals surface area contributed by atoms with Crippen molar-refractivity contribution in [3.8, 4) is 6.07 Å². The molecule has 0 aromatic carbocycles. The highest BCUT2D eigenvalue weighted by atomic mass is 79.9. The quantitative estimate of drug-likeness (QED) is 0.545. The van der Waals surface area contributed by atoms with Crippen LogP contribution in [-0.2, 0) is 4.79 Å². The summed E-state index contributed by atoms with van der Waals surface area (Å²) >= 11 is 3.51. The van der Waals surface area contributed by atoms with E-state index in [1.807, 2.05) is 6.08 Å². The number of Topliss-reactive ketones (excluding diaryl/α,β-unsaturated/α-hetero) is 1. The molecule has 0 saturated heterocycles. The minimum absolute atomic E-state index is 0.0410. The Morgan fingerprint density at radius 2 is 2.22 bits per heavy atom. The van der Waals surface area contributed by atoms with Gasteiger partial charge in [-0.1, -0.05) is 35.9 Å². The normalized spacial score (nSPS) is 48.1. The molecule has 2 saturated carbocycles. The zero-order valence-corrected chi connectivity index (χ0v) is 12.7. The number of hydrogen-bond acceptors (Lipinski definition) is 2. The van der Waals surface area contributed by atoms with Gasteiger partial charge in [0.25, 0.3) is 0 Å². The van der Waals surface area contributed by atoms with Crippen LogP contribution in [0.15, 0.2) is 12.7 Å². The van der Waals surface area contributed by atoms with Crippen LogP contribution in [0.4, 0.5) is 0 Å². The number of carbonyl (C=O) groups is 1. The van der Waals surface area contributed by atoms with Crippen LogP contribution in [0, 0.1) is 34.0 Å². The van der Waals surface area contributed by atoms with Gasteiger partial charge in [0, 0.05) is 6.42 Å². The number of nitrogens with zero attached hydrogens (tertiary/aromatic N) is 1. The van der Waals surface area contributed by atoms with Crippen LogP contribution in [0.1, 0.15) is 39.5 Å². The van der Waals surface area contributed by atoms with Crippen molar-refractivity contribution in [2.75, 3.05) is 0 Å². The summed E-state index contributed by atoms with van der Waals surface area (Å²) in [4.78, 5) is 11.7. The van der Waals surface area contributed by atoms with E-state index >= 15 is 0 Å². The fourth-order valence-electron chi connectivity index (χ4n) is 3.95. The highest BCUT2D eigenvalue weighted by Gasteiger charge is 2.59. The Bertz CT molecular complexity index is 427. The molecule has 2 aliphatic rings. The molecule has 0 aliphatic heterocycles. The molecule has 0 aromatic rings. The van der Waals surface area contributed by atoms with Crippen molar-refractivity contribution in [3.63, 3.8) is 0 Å². The fraction of sp³-hybridized carbons (Fsp3) is 0.733. The number of alkyl halides is 1. The second kappa shape index (κ2) is 4.49. The van der Waals surface area contributed by atoms with Gasteiger partial charge in [0.05, 0.1) is 16.3 Å². The largest absolute Gasteiger partial charge is 0.298 e. The first-order valence-corrected chi connectivity index (χ1v) is 7.55. The monoisotopic (exact) mass is 309 g/mol. The van der Waals surface area contributed by atoms with Crippen molar-refractivity contribution in [1.29, 1.82) is 5.26 Å². The van der Waals surface area contributed by atoms with Gasteiger partial charge in [-0.2, -0.15) is 5.26 Å². The summed E-state index contributed by atoms with van der Waals surface area (Å²) in [5, 5.41) is 9.71. The lowest BCUT2D eigenvalue weighted by molar-refractivity contribution is -0.128. The second-order valence-electron chi connectivity index (χ2n) is 6.08. The zero-order chi connectivity index (χ0) is 13.6. The lowest BCUT2D eigenvalue weighted by atomic mass is 9.48. The summed E-state index contributed by atoms with van der Waals surface area (Å²) in [6.45, 7) is 8.44. The lowest BCUT2D eigenvalue weighted by Gasteiger charge is -2.56. The van der Waals surface area contributed by atoms with Crippen molar-refractivity contribution in [3.05, 3.63) is 12.7 Å². The summed E-state index contributed by atoms with van der Waals surface area (Å²) in [7, 11) is 0. The van der Waals surface area contributed by atoms with Crippen LogP contribution in [0.25, 0.3) is 0 Å². The molecule has 98 valence electrons. The number of fused-ring (bicyclic) bond motifs is 1. The highest BCUT2D eigenvalue weighted by molar-refractivity contribution is 9.10. The van der Waals surface area contributed by atoms with Crippen LogP contribution in [-0.4, -0.2) is 10.6 Å². The van der Waals surface area contributed by atoms with Gasteiger partial charge in [-0.25, -0.2) is 0 Å². The molecule has 0 spiro atoms. The van der Waals surface area contributed by atoms with Gasteiger partial charge in [0.1, 0.15) is 5.78 Å². The summed E-state index contributed by atoms with van der Waals surface area (Å²) in [5.74, 6) is 0.946. The van der Waals surface area contributed by atoms with E-state index in [0.29, 0.717) is 12.3 Å². The lowest BCUT2D eigenvalue weighted by Crippen LogP contribution is -2.56. The smallest absolute Gasteiger partial charge is 0.148 e. The molecule has 0 amide bonds. The first-order valence-electron chi connectivity index (χ1n) is 6.64. The average Bonchev–Trinajstić information content (AvgIpc) is 2.38. The van der Waals surface area contributed by atoms with Crippen molar-refractivity contribution in [2.24, 2.45) is 22.7 Å². The Balaban J connectivity index is 2.51. The average molecular weight is 310 g/mol. The van der Waals surface area contributed by atoms with Gasteiger partial charge in [-0.3, -0.25) is 4.79 Å². The third-order valence-electron chi connectivity index (χ3n) is 5.49. The molecule has 3 heteroatoms. The number of halogens is 1. The predicted molar refractivity (Wildman–Crippen MR) is 75.2 cm³/mol. The van der Waals surface area contributed by atoms with Gasteiger partial charge in [-0.15, -0.1) is 6.58 Å². The maximum atomic E-state index is 12.0. The first-order chi connectivity index (χ1) is 8.42. The van der Waals surface area contributed by atoms with Crippen molar-refractivity contribution < 1.29 is 4.79 Å². The molecule has 2 aliphatic carbocycles. The molecule has 0 radical (unpaired) electrons. The molecule has 18 heavy (non-hydrogen) atoms. The van der Waals surface area contributed by atoms with Crippen LogP contribution >= 0.6 is 15.9 Å². The third kappa shape index (κ3) is 1.61. The Morgan fingerprint density at radius 3 is 2.78 bits per heavy atom. The second-order valence-corrected chi connectivity index (χ2v) is 7.00. The van der Waals surface area contributed by atoms with E-state index < -0.39 is 5.41 Å². The van der Waals surface area contributed by atoms with Crippen LogP contribution < -0.4 is 0 Å². The molecule has 0 bridgehead atoms. The Kier molecular flexibility index (Phi) is 3.44. The SMILES string of the molecule is C=C[C@@]1(C)[C@H](C)CC[C@]2(C#N)[C@@H]1CCC(=O)[C@@H]2Br. The molecule has 0 heterocycles. The summed E-state index contributed by atoms with van der Waals surface area (Å²) < 4.78 is 0. The molecule has 0 aromatic heterocycles. The Morgan fingerprint density at radius 1 is 1.56 bits per heavy atom. The van der Waals surface area contributed by atoms with E-state index in [9.17, 15) is 10.1 Å². The van der Waals surface area contributed by atoms with Crippen molar-refractivity contribution in [2.45, 2.75) is 44.4 Å². The minimum Gasteiger partial charge on any atom is -0.298 e. The molecule has 0 N–H and O–H groups in total. The van der Waals surface area contributed by atoms with E-state index in [2.05, 4.69) is 42.4 Å². The minimum atomic E-state index is -0.537. The summed E-state index contributed by atoms with van der Waals surface area (Å²) in [6, 6.07) is 2.49. The molecule has 2 fully saturated rings. The number of rotatable bonds is 1. The van der Waals surface area contributed by atoms with Gasteiger partial charge in [0.2, 0.25) is 0 Å². The van der Waals surface area contributed by atoms with Gasteiger partial charge in [0.15, 0.2) is 0 Å². The van der Waals surface area contributed by atoms with Gasteiger partial charge < -0.3 is 0 Å². The van der Waals surface area contributed by atoms with Crippen LogP contribution in [0.5, 0.6) is 0 Å². The maximum absolute atomic E-state index is 12.0. The molecule has 0 unspecified atom stereocenters. The van der Waals surface area contributed by atoms with Crippen molar-refractivity contribution >= 4 is 21.7 Å². The van der Waals surface area contributed by atoms with Gasteiger partial charge in [-0.05, 0) is 36.5 Å². The molecule has 2 rings (SSSR count). The van der Waals surface area contributed by atoms with E-state index in [0.717, 1.165) is 19.3 Å². The maximum Gasteiger partial charge on any atom is 0.148 e. The van der Waals surface area contributed by atoms with Crippen LogP contribution in [0.2, 0.25) is 0 Å². The molecular formula is C15H20BrNO. The number of allylic oxidation sites excluding steroid dienone is 1. The number of nitriles is 1. The third-order valence-corrected chi connectivity index (χ3v) is 6.82. The first kappa shape index (κ1) is 13.8. The van der Waals surface area contributed by atoms with E-state index in [1.165, 1.54) is 0 Å². The van der Waals surface area contributed by atoms with E-state index in [1.54, 1.807) is 0 Å². The Labute approximate surface area is 118 Å². The van der Waals surface area contributed by atoms with E-state index in [4.69, 9.17) is 0 Å². The standard InChI is InChI=1S/C15H20BrNO/c1-4-14(3)10(2)7-8-15(9-17)12(14)6-5-11(18)13(15)16/h4,10,12-13H,1,5-8H2,2-3H3/t10-,12-,13+,14+,15+/m1/s1. The number of ketones is 1. The van der Waals surface area contributed by atoms with Crippen molar-refractivity contribution in [1.82, 2.24) is 0 Å². The molecule has 5 atom stereocenters. The number of hydrogen-bond donors (Lipinski definition) is 0. The molecule has 2 nitrogen and oxygen atoms in total. The number of carbonyl (C=O) groups excluding carboxylic acids is 1. The fourth-order valence-corrected chi connectivity index (χ4v) is 4.82. The topological polar surface area (TPSA) is 40.9 Å². The zero-order valence-electron chi connectivity index (χ0n) is 11.1. The van der Waals surface area contributed by atoms with Crippen LogP contribution in [0.3, 0.4) is 0 Å². The predicted octanol–water partition coefficient (Wildman–Crippen LogP) is 3.86. The van der Waals surface area contributed by atoms with Gasteiger partial charge >= 0.3 is 0 Å².